The number of nitrogens with zero attached hydrogens (tertiary/aromatic N) is 2. The summed E-state index contributed by atoms with van der Waals surface area (Å²) < 4.78 is 7.00. The molecule has 2 aliphatic heterocycles. The molecule has 0 amide bonds. The van der Waals surface area contributed by atoms with E-state index in [1.165, 1.54) is 22.3 Å². The molecule has 0 bridgehead atoms. The zero-order valence-corrected chi connectivity index (χ0v) is 27.1. The van der Waals surface area contributed by atoms with Gasteiger partial charge in [-0.2, -0.15) is 0 Å². The van der Waals surface area contributed by atoms with Gasteiger partial charge >= 0.3 is 0 Å². The summed E-state index contributed by atoms with van der Waals surface area (Å²) >= 11 is 0. The summed E-state index contributed by atoms with van der Waals surface area (Å²) in [6.45, 7) is 0. The minimum atomic E-state index is -0.528. The van der Waals surface area contributed by atoms with Crippen LogP contribution in [0.1, 0.15) is 45.0 Å². The van der Waals surface area contributed by atoms with Crippen molar-refractivity contribution in [2.75, 3.05) is 0 Å². The third-order valence-electron chi connectivity index (χ3n) is 10.3. The van der Waals surface area contributed by atoms with Crippen LogP contribution in [-0.4, -0.2) is 10.8 Å². The first-order chi connectivity index (χ1) is 24.8. The fourth-order valence-corrected chi connectivity index (χ4v) is 8.08. The number of aromatic nitrogens is 1. The van der Waals surface area contributed by atoms with Gasteiger partial charge in [0.05, 0.1) is 17.2 Å². The van der Waals surface area contributed by atoms with Crippen LogP contribution in [0.25, 0.3) is 28.1 Å². The molecule has 0 radical (unpaired) electrons. The lowest BCUT2D eigenvalue weighted by atomic mass is 9.65. The largest absolute Gasteiger partial charge is 0.456 e. The van der Waals surface area contributed by atoms with Crippen molar-refractivity contribution in [1.29, 1.82) is 0 Å². The summed E-state index contributed by atoms with van der Waals surface area (Å²) in [5, 5.41) is 3.74. The molecule has 1 aliphatic carbocycles. The molecule has 1 atom stereocenters. The molecule has 0 saturated heterocycles. The molecule has 1 spiro atoms. The molecule has 3 aliphatic rings. The Balaban J connectivity index is 1.17. The van der Waals surface area contributed by atoms with E-state index in [0.717, 1.165) is 62.1 Å². The van der Waals surface area contributed by atoms with Gasteiger partial charge in [-0.15, -0.1) is 0 Å². The lowest BCUT2D eigenvalue weighted by Gasteiger charge is -2.40. The van der Waals surface area contributed by atoms with E-state index in [4.69, 9.17) is 9.73 Å². The maximum atomic E-state index is 7.00. The first-order valence-corrected chi connectivity index (χ1v) is 17.0. The smallest absolute Gasteiger partial charge is 0.141 e. The van der Waals surface area contributed by atoms with E-state index in [2.05, 4.69) is 156 Å². The Morgan fingerprint density at radius 3 is 1.90 bits per heavy atom. The van der Waals surface area contributed by atoms with Gasteiger partial charge in [0.15, 0.2) is 0 Å². The molecule has 7 aromatic rings. The summed E-state index contributed by atoms with van der Waals surface area (Å²) in [7, 11) is 0. The van der Waals surface area contributed by atoms with Gasteiger partial charge < -0.3 is 10.1 Å². The predicted octanol–water partition coefficient (Wildman–Crippen LogP) is 10.3. The van der Waals surface area contributed by atoms with Gasteiger partial charge in [-0.1, -0.05) is 140 Å². The molecule has 4 heteroatoms. The second kappa shape index (κ2) is 11.3. The standard InChI is InChI=1S/C46H31N3O/c1-2-13-32(14-3-1)45-48-41(31-26-24-30(25-27-31)40-22-10-11-28-47-40)29-42(49-45)35-17-12-21-39-44(35)50-43-23-9-8-20-38(43)46(39)36-18-6-4-15-33(36)34-16-5-7-19-37(34)46/h1-29,41H,(H,48,49). The van der Waals surface area contributed by atoms with Crippen molar-refractivity contribution in [3.8, 4) is 33.9 Å². The van der Waals surface area contributed by atoms with E-state index in [1.807, 2.05) is 30.5 Å². The number of aliphatic imine (C=N–C) groups is 1. The Morgan fingerprint density at radius 1 is 0.520 bits per heavy atom. The highest BCUT2D eigenvalue weighted by molar-refractivity contribution is 6.05. The third-order valence-corrected chi connectivity index (χ3v) is 10.3. The molecule has 1 N–H and O–H groups in total. The van der Waals surface area contributed by atoms with Gasteiger partial charge in [0.1, 0.15) is 17.3 Å². The highest BCUT2D eigenvalue weighted by Crippen LogP contribution is 2.62. The number of benzene rings is 6. The van der Waals surface area contributed by atoms with E-state index < -0.39 is 5.41 Å². The molecule has 6 aromatic carbocycles. The predicted molar refractivity (Wildman–Crippen MR) is 200 cm³/mol. The molecule has 3 heterocycles. The fourth-order valence-electron chi connectivity index (χ4n) is 8.08. The van der Waals surface area contributed by atoms with Gasteiger partial charge in [-0.05, 0) is 58.2 Å². The summed E-state index contributed by atoms with van der Waals surface area (Å²) in [5.41, 5.74) is 13.0. The van der Waals surface area contributed by atoms with Crippen molar-refractivity contribution in [3.63, 3.8) is 0 Å². The van der Waals surface area contributed by atoms with Crippen molar-refractivity contribution < 1.29 is 4.74 Å². The van der Waals surface area contributed by atoms with Gasteiger partial charge in [0.25, 0.3) is 0 Å². The molecule has 1 aromatic heterocycles. The van der Waals surface area contributed by atoms with Crippen LogP contribution >= 0.6 is 0 Å². The third kappa shape index (κ3) is 4.25. The number of fused-ring (bicyclic) bond motifs is 9. The molecule has 10 rings (SSSR count). The average Bonchev–Trinajstić information content (AvgIpc) is 3.49. The van der Waals surface area contributed by atoms with E-state index in [0.29, 0.717) is 0 Å². The second-order valence-electron chi connectivity index (χ2n) is 13.0. The molecule has 4 nitrogen and oxygen atoms in total. The normalized spacial score (nSPS) is 16.1. The van der Waals surface area contributed by atoms with Gasteiger partial charge in [0.2, 0.25) is 0 Å². The maximum absolute atomic E-state index is 7.00. The maximum Gasteiger partial charge on any atom is 0.141 e. The number of para-hydroxylation sites is 2. The van der Waals surface area contributed by atoms with Crippen LogP contribution in [0.15, 0.2) is 181 Å². The van der Waals surface area contributed by atoms with E-state index in [1.54, 1.807) is 0 Å². The van der Waals surface area contributed by atoms with Crippen molar-refractivity contribution in [2.24, 2.45) is 4.99 Å². The summed E-state index contributed by atoms with van der Waals surface area (Å²) in [4.78, 5) is 9.80. The first-order valence-electron chi connectivity index (χ1n) is 17.0. The van der Waals surface area contributed by atoms with Crippen LogP contribution in [0.3, 0.4) is 0 Å². The number of nitrogens with one attached hydrogen (secondary N) is 1. The van der Waals surface area contributed by atoms with Crippen LogP contribution in [0.4, 0.5) is 0 Å². The van der Waals surface area contributed by atoms with E-state index >= 15 is 0 Å². The van der Waals surface area contributed by atoms with Crippen LogP contribution in [-0.2, 0) is 5.41 Å². The van der Waals surface area contributed by atoms with Crippen LogP contribution < -0.4 is 10.1 Å². The highest BCUT2D eigenvalue weighted by atomic mass is 16.5. The summed E-state index contributed by atoms with van der Waals surface area (Å²) in [6.07, 6.45) is 4.06. The first kappa shape index (κ1) is 28.5. The Labute approximate surface area is 291 Å². The molecule has 236 valence electrons. The number of rotatable bonds is 4. The lowest BCUT2D eigenvalue weighted by molar-refractivity contribution is 0.434. The molecule has 50 heavy (non-hydrogen) atoms. The Bertz CT molecular complexity index is 2440. The fraction of sp³-hybridized carbons (Fsp3) is 0.0435. The molecule has 0 fully saturated rings. The number of pyridine rings is 1. The zero-order chi connectivity index (χ0) is 33.1. The Morgan fingerprint density at radius 2 is 1.16 bits per heavy atom. The second-order valence-corrected chi connectivity index (χ2v) is 13.0. The van der Waals surface area contributed by atoms with Crippen molar-refractivity contribution in [2.45, 2.75) is 11.5 Å². The quantitative estimate of drug-likeness (QED) is 0.208. The monoisotopic (exact) mass is 641 g/mol. The number of hydrogen-bond acceptors (Lipinski definition) is 4. The van der Waals surface area contributed by atoms with Crippen LogP contribution in [0.5, 0.6) is 11.5 Å². The number of hydrogen-bond donors (Lipinski definition) is 1. The molecule has 1 unspecified atom stereocenters. The van der Waals surface area contributed by atoms with E-state index in [9.17, 15) is 0 Å². The van der Waals surface area contributed by atoms with Gasteiger partial charge in [-0.3, -0.25) is 9.98 Å². The number of amidine groups is 1. The Hall–Kier alpha value is -6.52. The summed E-state index contributed by atoms with van der Waals surface area (Å²) in [5.74, 6) is 2.55. The highest BCUT2D eigenvalue weighted by Gasteiger charge is 2.51. The minimum absolute atomic E-state index is 0.215. The Kier molecular flexibility index (Phi) is 6.43. The average molecular weight is 642 g/mol. The van der Waals surface area contributed by atoms with Crippen molar-refractivity contribution in [3.05, 3.63) is 215 Å². The van der Waals surface area contributed by atoms with Crippen LogP contribution in [0.2, 0.25) is 0 Å². The SMILES string of the molecule is C1=C(c2cccc3c2Oc2ccccc2C32c3ccccc3-c3ccccc32)NC(c2ccccc2)=NC1c1ccc(-c2ccccn2)cc1. The van der Waals surface area contributed by atoms with Crippen molar-refractivity contribution >= 4 is 11.5 Å². The van der Waals surface area contributed by atoms with E-state index in [-0.39, 0.29) is 6.04 Å². The molecule has 0 saturated carbocycles. The zero-order valence-electron chi connectivity index (χ0n) is 27.1. The number of ether oxygens (including phenoxy) is 1. The minimum Gasteiger partial charge on any atom is -0.456 e. The lowest BCUT2D eigenvalue weighted by Crippen LogP contribution is -2.33. The van der Waals surface area contributed by atoms with Gasteiger partial charge in [0, 0.05) is 39.7 Å². The molecular weight excluding hydrogens is 611 g/mol. The van der Waals surface area contributed by atoms with Crippen LogP contribution in [0, 0.1) is 0 Å². The molecular formula is C46H31N3O. The van der Waals surface area contributed by atoms with Gasteiger partial charge in [-0.25, -0.2) is 0 Å². The topological polar surface area (TPSA) is 46.5 Å². The van der Waals surface area contributed by atoms with Crippen molar-refractivity contribution in [1.82, 2.24) is 10.3 Å². The summed E-state index contributed by atoms with van der Waals surface area (Å²) in [6, 6.07) is 57.5.